The van der Waals surface area contributed by atoms with E-state index in [0.29, 0.717) is 0 Å². The molecule has 1 fully saturated rings. The summed E-state index contributed by atoms with van der Waals surface area (Å²) >= 11 is 3.51. The third kappa shape index (κ3) is 2.58. The van der Waals surface area contributed by atoms with Crippen LogP contribution in [0.1, 0.15) is 25.1 Å². The molecule has 0 spiro atoms. The van der Waals surface area contributed by atoms with E-state index >= 15 is 0 Å². The summed E-state index contributed by atoms with van der Waals surface area (Å²) in [7, 11) is 1.95. The maximum Gasteiger partial charge on any atom is 0.140 e. The summed E-state index contributed by atoms with van der Waals surface area (Å²) in [6, 6.07) is 0.763. The molecule has 1 heterocycles. The van der Waals surface area contributed by atoms with E-state index in [-0.39, 0.29) is 0 Å². The van der Waals surface area contributed by atoms with Gasteiger partial charge in [-0.1, -0.05) is 22.4 Å². The zero-order valence-electron chi connectivity index (χ0n) is 9.06. The summed E-state index contributed by atoms with van der Waals surface area (Å²) in [4.78, 5) is 6.78. The van der Waals surface area contributed by atoms with Crippen LogP contribution in [-0.4, -0.2) is 37.6 Å². The van der Waals surface area contributed by atoms with Gasteiger partial charge in [0, 0.05) is 25.0 Å². The Morgan fingerprint density at radius 2 is 2.40 bits per heavy atom. The van der Waals surface area contributed by atoms with Crippen molar-refractivity contribution in [1.29, 1.82) is 0 Å². The molecule has 15 heavy (non-hydrogen) atoms. The third-order valence-corrected chi connectivity index (χ3v) is 3.47. The van der Waals surface area contributed by atoms with Crippen molar-refractivity contribution in [3.63, 3.8) is 0 Å². The third-order valence-electron chi connectivity index (χ3n) is 3.11. The highest BCUT2D eigenvalue weighted by Gasteiger charge is 2.25. The van der Waals surface area contributed by atoms with Crippen molar-refractivity contribution in [3.8, 4) is 0 Å². The molecule has 5 heteroatoms. The van der Waals surface area contributed by atoms with Gasteiger partial charge in [-0.15, -0.1) is 0 Å². The van der Waals surface area contributed by atoms with E-state index in [1.54, 1.807) is 6.33 Å². The van der Waals surface area contributed by atoms with Gasteiger partial charge in [-0.25, -0.2) is 4.98 Å². The Morgan fingerprint density at radius 3 is 2.87 bits per heavy atom. The number of rotatable bonds is 5. The van der Waals surface area contributed by atoms with Crippen LogP contribution in [0, 0.1) is 0 Å². The van der Waals surface area contributed by atoms with Gasteiger partial charge in [-0.05, 0) is 12.8 Å². The van der Waals surface area contributed by atoms with Crippen LogP contribution in [0.15, 0.2) is 6.33 Å². The Hall–Kier alpha value is -0.420. The number of hydrogen-bond acceptors (Lipinski definition) is 3. The quantitative estimate of drug-likeness (QED) is 0.764. The standard InChI is InChI=1S/C10H17BrN4/c1-14-10(12-8-13-14)7-15(6-5-11)9-3-2-4-9/h8-9H,2-7H2,1H3. The average molecular weight is 273 g/mol. The second kappa shape index (κ2) is 5.07. The molecule has 0 bridgehead atoms. The van der Waals surface area contributed by atoms with Gasteiger partial charge in [0.2, 0.25) is 0 Å². The molecule has 0 aromatic carbocycles. The smallest absolute Gasteiger partial charge is 0.140 e. The van der Waals surface area contributed by atoms with Crippen LogP contribution in [0.2, 0.25) is 0 Å². The van der Waals surface area contributed by atoms with Gasteiger partial charge in [0.1, 0.15) is 12.2 Å². The van der Waals surface area contributed by atoms with E-state index in [2.05, 4.69) is 30.9 Å². The molecule has 1 aromatic rings. The largest absolute Gasteiger partial charge is 0.292 e. The number of aromatic nitrogens is 3. The van der Waals surface area contributed by atoms with Crippen molar-refractivity contribution in [3.05, 3.63) is 12.2 Å². The molecule has 0 saturated heterocycles. The van der Waals surface area contributed by atoms with Crippen molar-refractivity contribution in [2.75, 3.05) is 11.9 Å². The highest BCUT2D eigenvalue weighted by Crippen LogP contribution is 2.25. The zero-order chi connectivity index (χ0) is 10.7. The molecule has 0 N–H and O–H groups in total. The number of halogens is 1. The Morgan fingerprint density at radius 1 is 1.60 bits per heavy atom. The maximum atomic E-state index is 4.27. The molecule has 4 nitrogen and oxygen atoms in total. The molecule has 1 saturated carbocycles. The highest BCUT2D eigenvalue weighted by molar-refractivity contribution is 9.09. The topological polar surface area (TPSA) is 34.0 Å². The molecule has 0 aliphatic heterocycles. The minimum absolute atomic E-state index is 0.763. The van der Waals surface area contributed by atoms with Gasteiger partial charge in [0.05, 0.1) is 6.54 Å². The summed E-state index contributed by atoms with van der Waals surface area (Å²) in [5, 5.41) is 5.13. The molecule has 0 atom stereocenters. The van der Waals surface area contributed by atoms with Crippen LogP contribution >= 0.6 is 15.9 Å². The van der Waals surface area contributed by atoms with E-state index in [1.807, 2.05) is 11.7 Å². The number of aryl methyl sites for hydroxylation is 1. The molecular formula is C10H17BrN4. The van der Waals surface area contributed by atoms with Crippen molar-refractivity contribution < 1.29 is 0 Å². The number of alkyl halides is 1. The van der Waals surface area contributed by atoms with Gasteiger partial charge in [-0.2, -0.15) is 5.10 Å². The van der Waals surface area contributed by atoms with Crippen LogP contribution in [0.4, 0.5) is 0 Å². The Balaban J connectivity index is 1.96. The molecular weight excluding hydrogens is 256 g/mol. The fraction of sp³-hybridized carbons (Fsp3) is 0.800. The first kappa shape index (κ1) is 11.1. The predicted octanol–water partition coefficient (Wildman–Crippen LogP) is 1.56. The van der Waals surface area contributed by atoms with Crippen LogP contribution in [0.3, 0.4) is 0 Å². The number of hydrogen-bond donors (Lipinski definition) is 0. The van der Waals surface area contributed by atoms with Crippen LogP contribution < -0.4 is 0 Å². The second-order valence-corrected chi connectivity index (χ2v) is 4.84. The van der Waals surface area contributed by atoms with Gasteiger partial charge in [0.15, 0.2) is 0 Å². The van der Waals surface area contributed by atoms with Gasteiger partial charge < -0.3 is 0 Å². The van der Waals surface area contributed by atoms with Gasteiger partial charge in [-0.3, -0.25) is 9.58 Å². The fourth-order valence-electron chi connectivity index (χ4n) is 1.90. The van der Waals surface area contributed by atoms with Crippen LogP contribution in [-0.2, 0) is 13.6 Å². The minimum atomic E-state index is 0.763. The predicted molar refractivity (Wildman–Crippen MR) is 62.8 cm³/mol. The van der Waals surface area contributed by atoms with E-state index in [0.717, 1.165) is 30.3 Å². The average Bonchev–Trinajstić information content (AvgIpc) is 2.49. The lowest BCUT2D eigenvalue weighted by Crippen LogP contribution is -2.41. The Bertz CT molecular complexity index is 308. The molecule has 0 radical (unpaired) electrons. The molecule has 0 amide bonds. The molecule has 1 aliphatic carbocycles. The molecule has 1 aliphatic rings. The summed E-state index contributed by atoms with van der Waals surface area (Å²) in [6.45, 7) is 2.02. The molecule has 1 aromatic heterocycles. The summed E-state index contributed by atoms with van der Waals surface area (Å²) in [5.41, 5.74) is 0. The maximum absolute atomic E-state index is 4.27. The Kier molecular flexibility index (Phi) is 3.75. The van der Waals surface area contributed by atoms with Gasteiger partial charge in [0.25, 0.3) is 0 Å². The lowest BCUT2D eigenvalue weighted by atomic mass is 9.91. The first-order chi connectivity index (χ1) is 7.31. The Labute approximate surface area is 98.8 Å². The minimum Gasteiger partial charge on any atom is -0.292 e. The van der Waals surface area contributed by atoms with Crippen molar-refractivity contribution in [2.24, 2.45) is 7.05 Å². The summed E-state index contributed by atoms with van der Waals surface area (Å²) < 4.78 is 1.86. The van der Waals surface area contributed by atoms with Crippen molar-refractivity contribution >= 4 is 15.9 Å². The van der Waals surface area contributed by atoms with Gasteiger partial charge >= 0.3 is 0 Å². The van der Waals surface area contributed by atoms with Crippen molar-refractivity contribution in [2.45, 2.75) is 31.8 Å². The lowest BCUT2D eigenvalue weighted by Gasteiger charge is -2.36. The zero-order valence-corrected chi connectivity index (χ0v) is 10.7. The SMILES string of the molecule is Cn1ncnc1CN(CCBr)C1CCC1. The lowest BCUT2D eigenvalue weighted by molar-refractivity contribution is 0.123. The number of nitrogens with zero attached hydrogens (tertiary/aromatic N) is 4. The first-order valence-electron chi connectivity index (χ1n) is 5.44. The van der Waals surface area contributed by atoms with E-state index in [1.165, 1.54) is 19.3 Å². The first-order valence-corrected chi connectivity index (χ1v) is 6.56. The summed E-state index contributed by atoms with van der Waals surface area (Å²) in [5.74, 6) is 1.06. The fourth-order valence-corrected chi connectivity index (χ4v) is 2.35. The van der Waals surface area contributed by atoms with Crippen molar-refractivity contribution in [1.82, 2.24) is 19.7 Å². The van der Waals surface area contributed by atoms with E-state index in [9.17, 15) is 0 Å². The molecule has 2 rings (SSSR count). The van der Waals surface area contributed by atoms with E-state index < -0.39 is 0 Å². The molecule has 84 valence electrons. The second-order valence-electron chi connectivity index (χ2n) is 4.04. The summed E-state index contributed by atoms with van der Waals surface area (Å²) in [6.07, 6.45) is 5.68. The molecule has 0 unspecified atom stereocenters. The van der Waals surface area contributed by atoms with Crippen LogP contribution in [0.5, 0.6) is 0 Å². The normalized spacial score (nSPS) is 17.0. The highest BCUT2D eigenvalue weighted by atomic mass is 79.9. The monoisotopic (exact) mass is 272 g/mol. The van der Waals surface area contributed by atoms with Crippen LogP contribution in [0.25, 0.3) is 0 Å². The van der Waals surface area contributed by atoms with E-state index in [4.69, 9.17) is 0 Å².